The van der Waals surface area contributed by atoms with Gasteiger partial charge in [-0.3, -0.25) is 5.43 Å². The van der Waals surface area contributed by atoms with Crippen LogP contribution < -0.4 is 16.0 Å². The molecule has 0 atom stereocenters. The zero-order valence-corrected chi connectivity index (χ0v) is 12.4. The second kappa shape index (κ2) is 6.02. The number of nitrogens with zero attached hydrogens (tertiary/aromatic N) is 2. The van der Waals surface area contributed by atoms with Crippen molar-refractivity contribution in [2.45, 2.75) is 43.9 Å². The second-order valence-electron chi connectivity index (χ2n) is 5.27. The highest BCUT2D eigenvalue weighted by atomic mass is 32.2. The van der Waals surface area contributed by atoms with E-state index in [0.717, 1.165) is 19.3 Å². The lowest BCUT2D eigenvalue weighted by Crippen LogP contribution is -2.35. The van der Waals surface area contributed by atoms with Crippen molar-refractivity contribution in [3.8, 4) is 0 Å². The average molecular weight is 299 g/mol. The molecule has 0 aromatic carbocycles. The van der Waals surface area contributed by atoms with E-state index in [1.54, 1.807) is 0 Å². The molecule has 0 aliphatic heterocycles. The number of anilines is 1. The summed E-state index contributed by atoms with van der Waals surface area (Å²) in [6.07, 6.45) is 8.00. The molecular formula is C12H21N5O2S. The molecule has 0 spiro atoms. The molecule has 2 rings (SSSR count). The normalized spacial score (nSPS) is 18.1. The predicted molar refractivity (Wildman–Crippen MR) is 76.2 cm³/mol. The molecule has 1 aliphatic rings. The van der Waals surface area contributed by atoms with Gasteiger partial charge in [0.05, 0.1) is 12.4 Å². The summed E-state index contributed by atoms with van der Waals surface area (Å²) in [4.78, 5) is 7.68. The molecule has 1 aromatic rings. The molecule has 4 N–H and O–H groups in total. The molecule has 112 valence electrons. The number of hydrogen-bond donors (Lipinski definition) is 3. The molecule has 20 heavy (non-hydrogen) atoms. The number of rotatable bonds is 6. The maximum absolute atomic E-state index is 12.2. The third-order valence-corrected chi connectivity index (χ3v) is 5.47. The quantitative estimate of drug-likeness (QED) is 0.534. The van der Waals surface area contributed by atoms with Gasteiger partial charge in [-0.2, -0.15) is 0 Å². The van der Waals surface area contributed by atoms with E-state index in [1.165, 1.54) is 25.2 Å². The Balaban J connectivity index is 2.06. The summed E-state index contributed by atoms with van der Waals surface area (Å²) >= 11 is 0. The summed E-state index contributed by atoms with van der Waals surface area (Å²) in [7, 11) is -3.56. The summed E-state index contributed by atoms with van der Waals surface area (Å²) in [6, 6.07) is 0. The molecule has 1 aromatic heterocycles. The van der Waals surface area contributed by atoms with E-state index < -0.39 is 10.0 Å². The first-order valence-corrected chi connectivity index (χ1v) is 8.28. The Morgan fingerprint density at radius 1 is 1.30 bits per heavy atom. The number of hydrogen-bond acceptors (Lipinski definition) is 6. The number of nitrogen functional groups attached to an aromatic ring is 1. The fraction of sp³-hybridized carbons (Fsp3) is 0.667. The Hall–Kier alpha value is -1.25. The Morgan fingerprint density at radius 3 is 2.40 bits per heavy atom. The number of hydrazine groups is 1. The largest absolute Gasteiger partial charge is 0.292 e. The molecule has 8 heteroatoms. The first-order chi connectivity index (χ1) is 9.51. The van der Waals surface area contributed by atoms with Gasteiger partial charge < -0.3 is 0 Å². The highest BCUT2D eigenvalue weighted by molar-refractivity contribution is 7.89. The third-order valence-electron chi connectivity index (χ3n) is 4.12. The van der Waals surface area contributed by atoms with Crippen LogP contribution in [0.4, 0.5) is 5.95 Å². The second-order valence-corrected chi connectivity index (χ2v) is 7.04. The van der Waals surface area contributed by atoms with Crippen molar-refractivity contribution in [3.05, 3.63) is 12.4 Å². The first kappa shape index (κ1) is 15.1. The van der Waals surface area contributed by atoms with Crippen molar-refractivity contribution in [3.63, 3.8) is 0 Å². The van der Waals surface area contributed by atoms with Crippen molar-refractivity contribution in [1.82, 2.24) is 14.7 Å². The molecule has 1 saturated carbocycles. The molecule has 0 amide bonds. The van der Waals surface area contributed by atoms with Crippen LogP contribution in [0.25, 0.3) is 0 Å². The van der Waals surface area contributed by atoms with Crippen LogP contribution >= 0.6 is 0 Å². The van der Waals surface area contributed by atoms with Crippen molar-refractivity contribution in [2.75, 3.05) is 12.0 Å². The molecule has 0 radical (unpaired) electrons. The van der Waals surface area contributed by atoms with Crippen LogP contribution in [0.3, 0.4) is 0 Å². The van der Waals surface area contributed by atoms with E-state index in [2.05, 4.69) is 27.0 Å². The Bertz CT molecular complexity index is 537. The van der Waals surface area contributed by atoms with Crippen LogP contribution in [0.1, 0.15) is 39.0 Å². The fourth-order valence-corrected chi connectivity index (χ4v) is 3.69. The first-order valence-electron chi connectivity index (χ1n) is 6.80. The number of nitrogens with two attached hydrogens (primary N) is 1. The predicted octanol–water partition coefficient (Wildman–Crippen LogP) is 1.01. The molecule has 1 fully saturated rings. The van der Waals surface area contributed by atoms with Gasteiger partial charge in [0.1, 0.15) is 4.90 Å². The summed E-state index contributed by atoms with van der Waals surface area (Å²) in [5.74, 6) is 5.33. The minimum absolute atomic E-state index is 0.0562. The van der Waals surface area contributed by atoms with Crippen LogP contribution in [0.5, 0.6) is 0 Å². The Kier molecular flexibility index (Phi) is 4.56. The van der Waals surface area contributed by atoms with Crippen LogP contribution in [-0.4, -0.2) is 24.9 Å². The number of sulfonamides is 1. The zero-order valence-electron chi connectivity index (χ0n) is 11.6. The van der Waals surface area contributed by atoms with Crippen molar-refractivity contribution in [1.29, 1.82) is 0 Å². The van der Waals surface area contributed by atoms with Crippen molar-refractivity contribution < 1.29 is 8.42 Å². The van der Waals surface area contributed by atoms with E-state index >= 15 is 0 Å². The minimum Gasteiger partial charge on any atom is -0.292 e. The van der Waals surface area contributed by atoms with E-state index in [9.17, 15) is 8.42 Å². The van der Waals surface area contributed by atoms with Gasteiger partial charge in [0, 0.05) is 6.54 Å². The van der Waals surface area contributed by atoms with Gasteiger partial charge in [-0.05, 0) is 24.7 Å². The average Bonchev–Trinajstić information content (AvgIpc) is 2.95. The van der Waals surface area contributed by atoms with Gasteiger partial charge in [0.25, 0.3) is 0 Å². The van der Waals surface area contributed by atoms with E-state index in [-0.39, 0.29) is 16.3 Å². The highest BCUT2D eigenvalue weighted by Crippen LogP contribution is 2.40. The molecule has 7 nitrogen and oxygen atoms in total. The van der Waals surface area contributed by atoms with Crippen molar-refractivity contribution >= 4 is 16.0 Å². The van der Waals surface area contributed by atoms with Gasteiger partial charge in [-0.25, -0.2) is 29.0 Å². The fourth-order valence-electron chi connectivity index (χ4n) is 2.64. The van der Waals surface area contributed by atoms with Gasteiger partial charge in [0.15, 0.2) is 0 Å². The molecule has 1 heterocycles. The topological polar surface area (TPSA) is 110 Å². The summed E-state index contributed by atoms with van der Waals surface area (Å²) in [5.41, 5.74) is 2.36. The molecular weight excluding hydrogens is 278 g/mol. The van der Waals surface area contributed by atoms with Crippen LogP contribution in [0.2, 0.25) is 0 Å². The van der Waals surface area contributed by atoms with Gasteiger partial charge >= 0.3 is 0 Å². The lowest BCUT2D eigenvalue weighted by Gasteiger charge is -2.27. The van der Waals surface area contributed by atoms with E-state index in [0.29, 0.717) is 6.54 Å². The standard InChI is InChI=1S/C12H21N5O2S/c1-2-12(5-3-4-6-12)9-16-20(18,19)10-7-14-11(17-13)15-8-10/h7-8,16H,2-6,9,13H2,1H3,(H,14,15,17). The summed E-state index contributed by atoms with van der Waals surface area (Å²) in [5, 5.41) is 0. The van der Waals surface area contributed by atoms with Gasteiger partial charge in [-0.15, -0.1) is 0 Å². The highest BCUT2D eigenvalue weighted by Gasteiger charge is 2.33. The monoisotopic (exact) mass is 299 g/mol. The maximum atomic E-state index is 12.2. The van der Waals surface area contributed by atoms with Crippen molar-refractivity contribution in [2.24, 2.45) is 11.3 Å². The van der Waals surface area contributed by atoms with Crippen LogP contribution in [0.15, 0.2) is 17.3 Å². The van der Waals surface area contributed by atoms with Gasteiger partial charge in [0.2, 0.25) is 16.0 Å². The Labute approximate surface area is 119 Å². The smallest absolute Gasteiger partial charge is 0.243 e. The lowest BCUT2D eigenvalue weighted by molar-refractivity contribution is 0.285. The summed E-state index contributed by atoms with van der Waals surface area (Å²) < 4.78 is 27.1. The molecule has 0 unspecified atom stereocenters. The number of aromatic nitrogens is 2. The summed E-state index contributed by atoms with van der Waals surface area (Å²) in [6.45, 7) is 2.59. The zero-order chi connectivity index (χ0) is 14.6. The van der Waals surface area contributed by atoms with E-state index in [4.69, 9.17) is 5.84 Å². The van der Waals surface area contributed by atoms with Gasteiger partial charge in [-0.1, -0.05) is 19.8 Å². The SMILES string of the molecule is CCC1(CNS(=O)(=O)c2cnc(NN)nc2)CCCC1. The minimum atomic E-state index is -3.56. The molecule has 0 saturated heterocycles. The third kappa shape index (κ3) is 3.25. The lowest BCUT2D eigenvalue weighted by atomic mass is 9.84. The van der Waals surface area contributed by atoms with Crippen LogP contribution in [0, 0.1) is 5.41 Å². The molecule has 0 bridgehead atoms. The Morgan fingerprint density at radius 2 is 1.90 bits per heavy atom. The molecule has 1 aliphatic carbocycles. The maximum Gasteiger partial charge on any atom is 0.243 e. The van der Waals surface area contributed by atoms with E-state index in [1.807, 2.05) is 0 Å². The van der Waals surface area contributed by atoms with Crippen LogP contribution in [-0.2, 0) is 10.0 Å². The number of nitrogens with one attached hydrogen (secondary N) is 2.